The van der Waals surface area contributed by atoms with E-state index in [-0.39, 0.29) is 11.3 Å². The van der Waals surface area contributed by atoms with E-state index >= 15 is 0 Å². The maximum atomic E-state index is 12.8. The van der Waals surface area contributed by atoms with Gasteiger partial charge in [-0.2, -0.15) is 0 Å². The highest BCUT2D eigenvalue weighted by Crippen LogP contribution is 2.43. The third-order valence-electron chi connectivity index (χ3n) is 5.23. The van der Waals surface area contributed by atoms with Gasteiger partial charge in [0, 0.05) is 12.0 Å². The smallest absolute Gasteiger partial charge is 0.255 e. The van der Waals surface area contributed by atoms with Crippen molar-refractivity contribution in [3.63, 3.8) is 0 Å². The van der Waals surface area contributed by atoms with Crippen molar-refractivity contribution in [3.05, 3.63) is 53.6 Å². The standard InChI is InChI=1S/C21H25NO4/c1-24-17-11-10-16(18(25-2)19(17)26-3)20(23)22-14-21(12-7-13-21)15-8-5-4-6-9-15/h4-6,8-11H,7,12-14H2,1-3H3,(H,22,23). The third kappa shape index (κ3) is 3.21. The van der Waals surface area contributed by atoms with Crippen LogP contribution in [0.15, 0.2) is 42.5 Å². The zero-order chi connectivity index (χ0) is 18.6. The Kier molecular flexibility index (Phi) is 5.35. The summed E-state index contributed by atoms with van der Waals surface area (Å²) in [6, 6.07) is 13.8. The number of carbonyl (C=O) groups excluding carboxylic acids is 1. The molecule has 0 bridgehead atoms. The number of rotatable bonds is 7. The van der Waals surface area contributed by atoms with Gasteiger partial charge < -0.3 is 19.5 Å². The quantitative estimate of drug-likeness (QED) is 0.825. The first kappa shape index (κ1) is 18.1. The van der Waals surface area contributed by atoms with Crippen LogP contribution in [0.2, 0.25) is 0 Å². The second kappa shape index (κ2) is 7.68. The van der Waals surface area contributed by atoms with Crippen LogP contribution in [0.25, 0.3) is 0 Å². The van der Waals surface area contributed by atoms with Gasteiger partial charge in [0.15, 0.2) is 11.5 Å². The first-order chi connectivity index (χ1) is 12.6. The molecule has 0 atom stereocenters. The van der Waals surface area contributed by atoms with Crippen molar-refractivity contribution in [2.24, 2.45) is 0 Å². The first-order valence-electron chi connectivity index (χ1n) is 8.78. The van der Waals surface area contributed by atoms with Crippen LogP contribution in [-0.4, -0.2) is 33.8 Å². The molecule has 0 unspecified atom stereocenters. The predicted octanol–water partition coefficient (Wildman–Crippen LogP) is 3.56. The predicted molar refractivity (Wildman–Crippen MR) is 100 cm³/mol. The van der Waals surface area contributed by atoms with Crippen molar-refractivity contribution in [2.45, 2.75) is 24.7 Å². The van der Waals surface area contributed by atoms with Crippen molar-refractivity contribution < 1.29 is 19.0 Å². The van der Waals surface area contributed by atoms with Gasteiger partial charge in [-0.25, -0.2) is 0 Å². The fraction of sp³-hybridized carbons (Fsp3) is 0.381. The summed E-state index contributed by atoms with van der Waals surface area (Å²) in [6.07, 6.45) is 3.35. The van der Waals surface area contributed by atoms with E-state index in [9.17, 15) is 4.79 Å². The molecule has 2 aromatic carbocycles. The van der Waals surface area contributed by atoms with Crippen LogP contribution in [0.1, 0.15) is 35.2 Å². The van der Waals surface area contributed by atoms with E-state index in [1.54, 1.807) is 19.2 Å². The molecule has 1 amide bonds. The van der Waals surface area contributed by atoms with E-state index in [1.807, 2.05) is 6.07 Å². The fourth-order valence-corrected chi connectivity index (χ4v) is 3.59. The van der Waals surface area contributed by atoms with E-state index in [0.29, 0.717) is 29.4 Å². The minimum absolute atomic E-state index is 0.0285. The molecule has 5 nitrogen and oxygen atoms in total. The Bertz CT molecular complexity index is 769. The summed E-state index contributed by atoms with van der Waals surface area (Å²) in [5, 5.41) is 3.09. The van der Waals surface area contributed by atoms with E-state index in [0.717, 1.165) is 12.8 Å². The van der Waals surface area contributed by atoms with Gasteiger partial charge in [-0.15, -0.1) is 0 Å². The van der Waals surface area contributed by atoms with Crippen LogP contribution in [0, 0.1) is 0 Å². The maximum absolute atomic E-state index is 12.8. The summed E-state index contributed by atoms with van der Waals surface area (Å²) in [5.74, 6) is 1.15. The lowest BCUT2D eigenvalue weighted by atomic mass is 9.64. The lowest BCUT2D eigenvalue weighted by Crippen LogP contribution is -2.45. The monoisotopic (exact) mass is 355 g/mol. The van der Waals surface area contributed by atoms with Crippen LogP contribution in [0.3, 0.4) is 0 Å². The number of benzene rings is 2. The highest BCUT2D eigenvalue weighted by Gasteiger charge is 2.39. The molecular weight excluding hydrogens is 330 g/mol. The number of ether oxygens (including phenoxy) is 3. The average Bonchev–Trinajstić information content (AvgIpc) is 2.66. The number of hydrogen-bond donors (Lipinski definition) is 1. The first-order valence-corrected chi connectivity index (χ1v) is 8.78. The Morgan fingerprint density at radius 2 is 1.65 bits per heavy atom. The van der Waals surface area contributed by atoms with Gasteiger partial charge in [0.2, 0.25) is 5.75 Å². The van der Waals surface area contributed by atoms with Gasteiger partial charge in [-0.3, -0.25) is 4.79 Å². The highest BCUT2D eigenvalue weighted by molar-refractivity contribution is 5.98. The van der Waals surface area contributed by atoms with Gasteiger partial charge in [-0.05, 0) is 30.5 Å². The lowest BCUT2D eigenvalue weighted by molar-refractivity contribution is 0.0924. The molecule has 138 valence electrons. The largest absolute Gasteiger partial charge is 0.493 e. The molecule has 5 heteroatoms. The highest BCUT2D eigenvalue weighted by atomic mass is 16.5. The molecule has 1 N–H and O–H groups in total. The summed E-state index contributed by atoms with van der Waals surface area (Å²) in [6.45, 7) is 0.605. The molecule has 3 rings (SSSR count). The minimum atomic E-state index is -0.176. The summed E-state index contributed by atoms with van der Waals surface area (Å²) >= 11 is 0. The molecule has 26 heavy (non-hydrogen) atoms. The number of amides is 1. The molecule has 0 heterocycles. The number of hydrogen-bond acceptors (Lipinski definition) is 4. The molecule has 1 saturated carbocycles. The van der Waals surface area contributed by atoms with Crippen molar-refractivity contribution in [3.8, 4) is 17.2 Å². The van der Waals surface area contributed by atoms with Crippen LogP contribution < -0.4 is 19.5 Å². The van der Waals surface area contributed by atoms with Gasteiger partial charge in [0.05, 0.1) is 26.9 Å². The molecule has 0 aromatic heterocycles. The number of methoxy groups -OCH3 is 3. The SMILES string of the molecule is COc1ccc(C(=O)NCC2(c3ccccc3)CCC2)c(OC)c1OC. The molecule has 1 aliphatic rings. The molecule has 0 aliphatic heterocycles. The van der Waals surface area contributed by atoms with Crippen LogP contribution in [-0.2, 0) is 5.41 Å². The Hall–Kier alpha value is -2.69. The Morgan fingerprint density at radius 3 is 2.19 bits per heavy atom. The maximum Gasteiger partial charge on any atom is 0.255 e. The zero-order valence-corrected chi connectivity index (χ0v) is 15.5. The van der Waals surface area contributed by atoms with E-state index in [2.05, 4.69) is 29.6 Å². The summed E-state index contributed by atoms with van der Waals surface area (Å²) in [4.78, 5) is 12.8. The van der Waals surface area contributed by atoms with E-state index in [4.69, 9.17) is 14.2 Å². The van der Waals surface area contributed by atoms with Gasteiger partial charge in [0.1, 0.15) is 0 Å². The van der Waals surface area contributed by atoms with Gasteiger partial charge in [0.25, 0.3) is 5.91 Å². The second-order valence-corrected chi connectivity index (χ2v) is 6.56. The number of carbonyl (C=O) groups is 1. The topological polar surface area (TPSA) is 56.8 Å². The fourth-order valence-electron chi connectivity index (χ4n) is 3.59. The van der Waals surface area contributed by atoms with E-state index < -0.39 is 0 Å². The molecule has 2 aromatic rings. The van der Waals surface area contributed by atoms with Crippen molar-refractivity contribution in [1.29, 1.82) is 0 Å². The summed E-state index contributed by atoms with van der Waals surface area (Å²) in [7, 11) is 4.60. The Morgan fingerprint density at radius 1 is 0.962 bits per heavy atom. The molecule has 1 fully saturated rings. The van der Waals surface area contributed by atoms with Crippen molar-refractivity contribution >= 4 is 5.91 Å². The van der Waals surface area contributed by atoms with E-state index in [1.165, 1.54) is 26.2 Å². The lowest BCUT2D eigenvalue weighted by Gasteiger charge is -2.42. The molecule has 0 saturated heterocycles. The van der Waals surface area contributed by atoms with Crippen LogP contribution in [0.5, 0.6) is 17.2 Å². The van der Waals surface area contributed by atoms with Gasteiger partial charge >= 0.3 is 0 Å². The zero-order valence-electron chi connectivity index (χ0n) is 15.5. The van der Waals surface area contributed by atoms with Crippen LogP contribution in [0.4, 0.5) is 0 Å². The van der Waals surface area contributed by atoms with Crippen molar-refractivity contribution in [1.82, 2.24) is 5.32 Å². The second-order valence-electron chi connectivity index (χ2n) is 6.56. The molecule has 0 spiro atoms. The number of nitrogens with one attached hydrogen (secondary N) is 1. The third-order valence-corrected chi connectivity index (χ3v) is 5.23. The minimum Gasteiger partial charge on any atom is -0.493 e. The summed E-state index contributed by atoms with van der Waals surface area (Å²) in [5.41, 5.74) is 1.75. The van der Waals surface area contributed by atoms with Crippen LogP contribution >= 0.6 is 0 Å². The summed E-state index contributed by atoms with van der Waals surface area (Å²) < 4.78 is 16.1. The molecule has 0 radical (unpaired) electrons. The normalized spacial score (nSPS) is 14.9. The Labute approximate surface area is 154 Å². The average molecular weight is 355 g/mol. The Balaban J connectivity index is 1.80. The molecule has 1 aliphatic carbocycles. The van der Waals surface area contributed by atoms with Gasteiger partial charge in [-0.1, -0.05) is 36.8 Å². The van der Waals surface area contributed by atoms with Crippen molar-refractivity contribution in [2.75, 3.05) is 27.9 Å². The molecular formula is C21H25NO4.